The highest BCUT2D eigenvalue weighted by Crippen LogP contribution is 2.23. The second kappa shape index (κ2) is 5.14. The third-order valence-electron chi connectivity index (χ3n) is 2.65. The minimum atomic E-state index is 0.0103. The molecule has 0 N–H and O–H groups in total. The molecule has 0 aromatic heterocycles. The molecule has 1 rings (SSSR count). The van der Waals surface area contributed by atoms with Gasteiger partial charge in [-0.15, -0.1) is 0 Å². The van der Waals surface area contributed by atoms with Crippen molar-refractivity contribution in [3.63, 3.8) is 0 Å². The van der Waals surface area contributed by atoms with Crippen LogP contribution in [-0.4, -0.2) is 49.7 Å². The molecule has 0 heterocycles. The smallest absolute Gasteiger partial charge is 0.230 e. The minimum Gasteiger partial charge on any atom is -0.348 e. The Hall–Kier alpha value is -1.06. The van der Waals surface area contributed by atoms with Crippen molar-refractivity contribution in [1.82, 2.24) is 9.91 Å². The van der Waals surface area contributed by atoms with E-state index in [1.807, 2.05) is 28.2 Å². The second-order valence-corrected chi connectivity index (χ2v) is 4.47. The lowest BCUT2D eigenvalue weighted by molar-refractivity contribution is -0.131. The number of carbonyl (C=O) groups excluding carboxylic acids is 1. The Morgan fingerprint density at radius 2 is 1.93 bits per heavy atom. The van der Waals surface area contributed by atoms with Gasteiger partial charge in [0.1, 0.15) is 0 Å². The van der Waals surface area contributed by atoms with Gasteiger partial charge < -0.3 is 9.91 Å². The van der Waals surface area contributed by atoms with Crippen molar-refractivity contribution >= 4 is 11.6 Å². The number of hydrogen-bond donors (Lipinski definition) is 0. The lowest BCUT2D eigenvalue weighted by atomic mass is 9.86. The van der Waals surface area contributed by atoms with Crippen molar-refractivity contribution in [3.05, 3.63) is 0 Å². The fourth-order valence-corrected chi connectivity index (χ4v) is 1.95. The van der Waals surface area contributed by atoms with E-state index < -0.39 is 0 Å². The van der Waals surface area contributed by atoms with Gasteiger partial charge in [-0.2, -0.15) is 5.10 Å². The number of amides is 1. The first kappa shape index (κ1) is 12.0. The highest BCUT2D eigenvalue weighted by atomic mass is 16.2. The Morgan fingerprint density at radius 3 is 2.47 bits per heavy atom. The minimum absolute atomic E-state index is 0.0103. The van der Waals surface area contributed by atoms with E-state index in [0.29, 0.717) is 0 Å². The van der Waals surface area contributed by atoms with Gasteiger partial charge in [0.05, 0.1) is 11.6 Å². The van der Waals surface area contributed by atoms with Gasteiger partial charge in [0.2, 0.25) is 5.91 Å². The van der Waals surface area contributed by atoms with Crippen LogP contribution in [0.15, 0.2) is 5.10 Å². The van der Waals surface area contributed by atoms with Gasteiger partial charge in [0.25, 0.3) is 0 Å². The van der Waals surface area contributed by atoms with E-state index in [1.165, 1.54) is 0 Å². The maximum absolute atomic E-state index is 11.9. The lowest BCUT2D eigenvalue weighted by Gasteiger charge is -2.26. The Balaban J connectivity index is 2.78. The number of hydrogen-bond acceptors (Lipinski definition) is 3. The first-order valence-corrected chi connectivity index (χ1v) is 5.48. The van der Waals surface area contributed by atoms with Crippen LogP contribution in [0.3, 0.4) is 0 Å². The molecule has 15 heavy (non-hydrogen) atoms. The summed E-state index contributed by atoms with van der Waals surface area (Å²) < 4.78 is 0. The predicted molar refractivity (Wildman–Crippen MR) is 61.8 cm³/mol. The zero-order valence-electron chi connectivity index (χ0n) is 10.2. The predicted octanol–water partition coefficient (Wildman–Crippen LogP) is 1.18. The summed E-state index contributed by atoms with van der Waals surface area (Å²) in [4.78, 5) is 13.6. The molecule has 1 amide bonds. The summed E-state index contributed by atoms with van der Waals surface area (Å²) in [6.45, 7) is 0. The van der Waals surface area contributed by atoms with E-state index in [-0.39, 0.29) is 11.8 Å². The van der Waals surface area contributed by atoms with Crippen LogP contribution in [0.4, 0.5) is 0 Å². The molecule has 4 nitrogen and oxygen atoms in total. The Bertz CT molecular complexity index is 259. The van der Waals surface area contributed by atoms with Crippen molar-refractivity contribution in [2.45, 2.75) is 25.7 Å². The van der Waals surface area contributed by atoms with Crippen LogP contribution in [-0.2, 0) is 4.79 Å². The van der Waals surface area contributed by atoms with E-state index in [2.05, 4.69) is 5.10 Å². The van der Waals surface area contributed by atoms with Gasteiger partial charge in [0, 0.05) is 28.2 Å². The van der Waals surface area contributed by atoms with E-state index in [4.69, 9.17) is 0 Å². The molecule has 1 atom stereocenters. The Labute approximate surface area is 91.9 Å². The highest BCUT2D eigenvalue weighted by molar-refractivity contribution is 6.04. The zero-order valence-corrected chi connectivity index (χ0v) is 10.2. The molecule has 1 unspecified atom stereocenters. The number of rotatable bonds is 2. The zero-order chi connectivity index (χ0) is 11.4. The van der Waals surface area contributed by atoms with Gasteiger partial charge in [-0.05, 0) is 19.3 Å². The van der Waals surface area contributed by atoms with Gasteiger partial charge >= 0.3 is 0 Å². The van der Waals surface area contributed by atoms with Crippen LogP contribution in [0.2, 0.25) is 0 Å². The first-order chi connectivity index (χ1) is 7.02. The lowest BCUT2D eigenvalue weighted by Crippen LogP contribution is -2.37. The van der Waals surface area contributed by atoms with Crippen LogP contribution >= 0.6 is 0 Å². The van der Waals surface area contributed by atoms with Crippen molar-refractivity contribution in [2.75, 3.05) is 28.2 Å². The van der Waals surface area contributed by atoms with Crippen molar-refractivity contribution in [2.24, 2.45) is 11.0 Å². The average molecular weight is 211 g/mol. The molecule has 0 aromatic rings. The van der Waals surface area contributed by atoms with E-state index >= 15 is 0 Å². The largest absolute Gasteiger partial charge is 0.348 e. The first-order valence-electron chi connectivity index (χ1n) is 5.48. The molecule has 0 aromatic carbocycles. The van der Waals surface area contributed by atoms with E-state index in [0.717, 1.165) is 31.4 Å². The van der Waals surface area contributed by atoms with Crippen LogP contribution in [0.5, 0.6) is 0 Å². The number of nitrogens with zero attached hydrogens (tertiary/aromatic N) is 3. The molecule has 86 valence electrons. The summed E-state index contributed by atoms with van der Waals surface area (Å²) in [5.41, 5.74) is 1.05. The summed E-state index contributed by atoms with van der Waals surface area (Å²) in [6.07, 6.45) is 4.20. The van der Waals surface area contributed by atoms with Gasteiger partial charge in [-0.25, -0.2) is 0 Å². The van der Waals surface area contributed by atoms with Crippen LogP contribution in [0.1, 0.15) is 25.7 Å². The van der Waals surface area contributed by atoms with Crippen molar-refractivity contribution in [3.8, 4) is 0 Å². The van der Waals surface area contributed by atoms with Gasteiger partial charge in [-0.1, -0.05) is 6.42 Å². The maximum Gasteiger partial charge on any atom is 0.230 e. The summed E-state index contributed by atoms with van der Waals surface area (Å²) in [5, 5.41) is 6.21. The molecule has 0 saturated heterocycles. The topological polar surface area (TPSA) is 35.9 Å². The molecular formula is C11H21N3O. The quantitative estimate of drug-likeness (QED) is 0.643. The summed E-state index contributed by atoms with van der Waals surface area (Å²) in [5.74, 6) is 0.200. The molecule has 1 fully saturated rings. The summed E-state index contributed by atoms with van der Waals surface area (Å²) >= 11 is 0. The molecule has 0 spiro atoms. The summed E-state index contributed by atoms with van der Waals surface area (Å²) in [6, 6.07) is 0. The van der Waals surface area contributed by atoms with Crippen LogP contribution in [0, 0.1) is 5.92 Å². The van der Waals surface area contributed by atoms with E-state index in [1.54, 1.807) is 9.91 Å². The Kier molecular flexibility index (Phi) is 4.12. The van der Waals surface area contributed by atoms with Crippen molar-refractivity contribution in [1.29, 1.82) is 0 Å². The standard InChI is InChI=1S/C11H21N3O/c1-13(2)11(15)9-7-5-6-8-10(9)12-14(3)4/h9H,5-8H2,1-4H3/b12-10+. The third-order valence-corrected chi connectivity index (χ3v) is 2.65. The highest BCUT2D eigenvalue weighted by Gasteiger charge is 2.28. The third kappa shape index (κ3) is 3.22. The molecule has 1 saturated carbocycles. The van der Waals surface area contributed by atoms with Crippen LogP contribution in [0.25, 0.3) is 0 Å². The molecule has 0 bridgehead atoms. The molecule has 0 aliphatic heterocycles. The monoisotopic (exact) mass is 211 g/mol. The van der Waals surface area contributed by atoms with Gasteiger partial charge in [0.15, 0.2) is 0 Å². The number of carbonyl (C=O) groups is 1. The fraction of sp³-hybridized carbons (Fsp3) is 0.818. The van der Waals surface area contributed by atoms with E-state index in [9.17, 15) is 4.79 Å². The fourth-order valence-electron chi connectivity index (χ4n) is 1.95. The average Bonchev–Trinajstić information content (AvgIpc) is 2.16. The Morgan fingerprint density at radius 1 is 1.27 bits per heavy atom. The maximum atomic E-state index is 11.9. The van der Waals surface area contributed by atoms with Gasteiger partial charge in [-0.3, -0.25) is 4.79 Å². The van der Waals surface area contributed by atoms with Crippen LogP contribution < -0.4 is 0 Å². The number of hydrazone groups is 1. The normalized spacial score (nSPS) is 24.0. The molecular weight excluding hydrogens is 190 g/mol. The molecule has 1 aliphatic rings. The summed E-state index contributed by atoms with van der Waals surface area (Å²) in [7, 11) is 7.42. The molecule has 4 heteroatoms. The molecule has 0 radical (unpaired) electrons. The second-order valence-electron chi connectivity index (χ2n) is 4.47. The SMILES string of the molecule is CN(C)/N=C1\CCCCC1C(=O)N(C)C. The van der Waals surface area contributed by atoms with Crippen molar-refractivity contribution < 1.29 is 4.79 Å². The molecule has 1 aliphatic carbocycles.